The number of nitrogens with zero attached hydrogens (tertiary/aromatic N) is 3. The molecule has 2 heterocycles. The van der Waals surface area contributed by atoms with Crippen molar-refractivity contribution in [2.24, 2.45) is 0 Å². The van der Waals surface area contributed by atoms with Gasteiger partial charge < -0.3 is 10.4 Å². The van der Waals surface area contributed by atoms with E-state index in [1.807, 2.05) is 0 Å². The maximum absolute atomic E-state index is 10.6. The Labute approximate surface area is 93.1 Å². The molecule has 2 N–H and O–H groups in total. The van der Waals surface area contributed by atoms with E-state index < -0.39 is 5.97 Å². The summed E-state index contributed by atoms with van der Waals surface area (Å²) in [6, 6.07) is 0.240. The van der Waals surface area contributed by atoms with Crippen molar-refractivity contribution in [3.63, 3.8) is 0 Å². The molecule has 1 fully saturated rings. The van der Waals surface area contributed by atoms with Crippen molar-refractivity contribution in [2.45, 2.75) is 18.9 Å². The highest BCUT2D eigenvalue weighted by Gasteiger charge is 2.17. The van der Waals surface area contributed by atoms with Crippen LogP contribution in [0.2, 0.25) is 0 Å². The number of carboxylic acid groups (broad SMARTS) is 1. The van der Waals surface area contributed by atoms with Gasteiger partial charge in [-0.1, -0.05) is 5.21 Å². The van der Waals surface area contributed by atoms with Crippen LogP contribution in [-0.2, 0) is 0 Å². The SMILES string of the molecule is Cl.O=C(O)c1cn(C2CCCNC2)nn1. The zero-order valence-corrected chi connectivity index (χ0v) is 8.90. The first-order chi connectivity index (χ1) is 6.77. The number of halogens is 1. The lowest BCUT2D eigenvalue weighted by molar-refractivity contribution is 0.0690. The highest BCUT2D eigenvalue weighted by atomic mass is 35.5. The third kappa shape index (κ3) is 2.66. The Kier molecular flexibility index (Phi) is 4.05. The second-order valence-corrected chi connectivity index (χ2v) is 3.39. The van der Waals surface area contributed by atoms with Crippen LogP contribution < -0.4 is 5.32 Å². The van der Waals surface area contributed by atoms with E-state index in [1.165, 1.54) is 6.20 Å². The molecule has 2 rings (SSSR count). The van der Waals surface area contributed by atoms with Gasteiger partial charge in [-0.25, -0.2) is 9.48 Å². The number of hydrogen-bond donors (Lipinski definition) is 2. The van der Waals surface area contributed by atoms with E-state index in [4.69, 9.17) is 5.11 Å². The predicted molar refractivity (Wildman–Crippen MR) is 55.4 cm³/mol. The van der Waals surface area contributed by atoms with Crippen LogP contribution in [0.1, 0.15) is 29.4 Å². The number of nitrogens with one attached hydrogen (secondary N) is 1. The Balaban J connectivity index is 0.00000112. The number of aromatic nitrogens is 3. The summed E-state index contributed by atoms with van der Waals surface area (Å²) in [7, 11) is 0. The Hall–Kier alpha value is -1.14. The van der Waals surface area contributed by atoms with Crippen LogP contribution in [0.25, 0.3) is 0 Å². The van der Waals surface area contributed by atoms with Crippen molar-refractivity contribution in [1.82, 2.24) is 20.3 Å². The van der Waals surface area contributed by atoms with Gasteiger partial charge in [0.1, 0.15) is 0 Å². The first-order valence-corrected chi connectivity index (χ1v) is 4.63. The fraction of sp³-hybridized carbons (Fsp3) is 0.625. The molecule has 1 unspecified atom stereocenters. The first kappa shape index (κ1) is 11.9. The van der Waals surface area contributed by atoms with E-state index in [-0.39, 0.29) is 24.1 Å². The second kappa shape index (κ2) is 5.09. The van der Waals surface area contributed by atoms with Crippen molar-refractivity contribution in [3.05, 3.63) is 11.9 Å². The molecule has 0 aliphatic carbocycles. The monoisotopic (exact) mass is 232 g/mol. The molecule has 1 aromatic rings. The van der Waals surface area contributed by atoms with Gasteiger partial charge in [-0.3, -0.25) is 0 Å². The van der Waals surface area contributed by atoms with E-state index >= 15 is 0 Å². The molecule has 6 nitrogen and oxygen atoms in total. The molecule has 0 saturated carbocycles. The van der Waals surface area contributed by atoms with Crippen molar-refractivity contribution in [1.29, 1.82) is 0 Å². The topological polar surface area (TPSA) is 80.0 Å². The number of carboxylic acids is 1. The smallest absolute Gasteiger partial charge is 0.358 e. The van der Waals surface area contributed by atoms with Gasteiger partial charge in [0, 0.05) is 6.54 Å². The van der Waals surface area contributed by atoms with Crippen molar-refractivity contribution < 1.29 is 9.90 Å². The van der Waals surface area contributed by atoms with Crippen LogP contribution >= 0.6 is 12.4 Å². The van der Waals surface area contributed by atoms with Gasteiger partial charge in [0.05, 0.1) is 12.2 Å². The van der Waals surface area contributed by atoms with Gasteiger partial charge in [0.15, 0.2) is 5.69 Å². The average molecular weight is 233 g/mol. The van der Waals surface area contributed by atoms with Crippen LogP contribution in [0.4, 0.5) is 0 Å². The zero-order chi connectivity index (χ0) is 9.97. The minimum atomic E-state index is -1.03. The van der Waals surface area contributed by atoms with E-state index in [1.54, 1.807) is 4.68 Å². The molecule has 1 aliphatic rings. The number of rotatable bonds is 2. The van der Waals surface area contributed by atoms with E-state index in [9.17, 15) is 4.79 Å². The summed E-state index contributed by atoms with van der Waals surface area (Å²) in [4.78, 5) is 10.6. The molecule has 0 aromatic carbocycles. The van der Waals surface area contributed by atoms with Gasteiger partial charge in [-0.05, 0) is 19.4 Å². The fourth-order valence-corrected chi connectivity index (χ4v) is 1.61. The second-order valence-electron chi connectivity index (χ2n) is 3.39. The van der Waals surface area contributed by atoms with Crippen molar-refractivity contribution in [2.75, 3.05) is 13.1 Å². The van der Waals surface area contributed by atoms with E-state index in [0.29, 0.717) is 0 Å². The van der Waals surface area contributed by atoms with Gasteiger partial charge >= 0.3 is 5.97 Å². The van der Waals surface area contributed by atoms with Gasteiger partial charge in [0.25, 0.3) is 0 Å². The normalized spacial score (nSPS) is 20.7. The van der Waals surface area contributed by atoms with Gasteiger partial charge in [-0.2, -0.15) is 0 Å². The summed E-state index contributed by atoms with van der Waals surface area (Å²) in [5, 5.41) is 19.3. The third-order valence-corrected chi connectivity index (χ3v) is 2.37. The Morgan fingerprint density at radius 3 is 3.00 bits per heavy atom. The molecule has 15 heavy (non-hydrogen) atoms. The molecule has 7 heteroatoms. The molecule has 1 atom stereocenters. The lowest BCUT2D eigenvalue weighted by atomic mass is 10.1. The number of aromatic carboxylic acids is 1. The van der Waals surface area contributed by atoms with E-state index in [0.717, 1.165) is 25.9 Å². The Bertz CT molecular complexity index is 335. The van der Waals surface area contributed by atoms with E-state index in [2.05, 4.69) is 15.6 Å². The molecular formula is C8H13ClN4O2. The standard InChI is InChI=1S/C8H12N4O2.ClH/c13-8(14)7-5-12(11-10-7)6-2-1-3-9-4-6;/h5-6,9H,1-4H2,(H,13,14);1H. The Morgan fingerprint density at radius 2 is 2.47 bits per heavy atom. The van der Waals surface area contributed by atoms with Crippen LogP contribution in [0.15, 0.2) is 6.20 Å². The minimum Gasteiger partial charge on any atom is -0.476 e. The lowest BCUT2D eigenvalue weighted by Gasteiger charge is -2.22. The summed E-state index contributed by atoms with van der Waals surface area (Å²) in [6.45, 7) is 1.86. The van der Waals surface area contributed by atoms with Crippen molar-refractivity contribution in [3.8, 4) is 0 Å². The molecule has 1 aliphatic heterocycles. The summed E-state index contributed by atoms with van der Waals surface area (Å²) < 4.78 is 1.63. The maximum Gasteiger partial charge on any atom is 0.358 e. The van der Waals surface area contributed by atoms with Crippen LogP contribution in [0.3, 0.4) is 0 Å². The lowest BCUT2D eigenvalue weighted by Crippen LogP contribution is -2.31. The summed E-state index contributed by atoms with van der Waals surface area (Å²) in [5.74, 6) is -1.03. The fourth-order valence-electron chi connectivity index (χ4n) is 1.61. The molecule has 0 amide bonds. The quantitative estimate of drug-likeness (QED) is 0.768. The summed E-state index contributed by atoms with van der Waals surface area (Å²) in [5.41, 5.74) is 0.00979. The molecule has 1 saturated heterocycles. The van der Waals surface area contributed by atoms with Crippen LogP contribution in [0, 0.1) is 0 Å². The molecule has 0 spiro atoms. The highest BCUT2D eigenvalue weighted by molar-refractivity contribution is 5.85. The molecule has 0 bridgehead atoms. The number of piperidine rings is 1. The van der Waals surface area contributed by atoms with Gasteiger partial charge in [-0.15, -0.1) is 17.5 Å². The highest BCUT2D eigenvalue weighted by Crippen LogP contribution is 2.14. The number of hydrogen-bond acceptors (Lipinski definition) is 4. The summed E-state index contributed by atoms with van der Waals surface area (Å²) >= 11 is 0. The zero-order valence-electron chi connectivity index (χ0n) is 8.09. The van der Waals surface area contributed by atoms with Gasteiger partial charge in [0.2, 0.25) is 0 Å². The molecule has 1 aromatic heterocycles. The molecule has 84 valence electrons. The Morgan fingerprint density at radius 1 is 1.67 bits per heavy atom. The largest absolute Gasteiger partial charge is 0.476 e. The maximum atomic E-state index is 10.6. The molecular weight excluding hydrogens is 220 g/mol. The predicted octanol–water partition coefficient (Wildman–Crippen LogP) is 0.323. The average Bonchev–Trinajstić information content (AvgIpc) is 2.68. The first-order valence-electron chi connectivity index (χ1n) is 4.63. The third-order valence-electron chi connectivity index (χ3n) is 2.37. The summed E-state index contributed by atoms with van der Waals surface area (Å²) in [6.07, 6.45) is 3.60. The van der Waals surface area contributed by atoms with Crippen molar-refractivity contribution >= 4 is 18.4 Å². The van der Waals surface area contributed by atoms with Crippen LogP contribution in [0.5, 0.6) is 0 Å². The van der Waals surface area contributed by atoms with Crippen LogP contribution in [-0.4, -0.2) is 39.2 Å². The minimum absolute atomic E-state index is 0. The molecule has 0 radical (unpaired) electrons. The number of carbonyl (C=O) groups is 1.